The summed E-state index contributed by atoms with van der Waals surface area (Å²) in [5, 5.41) is 3.06. The van der Waals surface area contributed by atoms with E-state index in [0.29, 0.717) is 12.1 Å². The average molecular weight is 431 g/mol. The van der Waals surface area contributed by atoms with Crippen LogP contribution in [0.5, 0.6) is 5.75 Å². The molecule has 30 heavy (non-hydrogen) atoms. The largest absolute Gasteiger partial charge is 0.487 e. The fraction of sp³-hybridized carbons (Fsp3) is 0.435. The summed E-state index contributed by atoms with van der Waals surface area (Å²) in [6, 6.07) is 14.6. The Morgan fingerprint density at radius 3 is 2.37 bits per heavy atom. The second-order valence-corrected chi connectivity index (χ2v) is 9.87. The molecule has 0 fully saturated rings. The van der Waals surface area contributed by atoms with E-state index in [2.05, 4.69) is 19.2 Å². The molecule has 3 rings (SSSR count). The molecule has 1 atom stereocenters. The van der Waals surface area contributed by atoms with Gasteiger partial charge in [0.2, 0.25) is 15.9 Å². The fourth-order valence-corrected chi connectivity index (χ4v) is 4.77. The van der Waals surface area contributed by atoms with Gasteiger partial charge in [-0.3, -0.25) is 9.10 Å². The van der Waals surface area contributed by atoms with Gasteiger partial charge in [-0.2, -0.15) is 0 Å². The lowest BCUT2D eigenvalue weighted by molar-refractivity contribution is -0.121. The van der Waals surface area contributed by atoms with Gasteiger partial charge < -0.3 is 10.1 Å². The maximum atomic E-state index is 12.9. The first-order chi connectivity index (χ1) is 14.2. The van der Waals surface area contributed by atoms with Gasteiger partial charge in [-0.05, 0) is 38.0 Å². The predicted molar refractivity (Wildman–Crippen MR) is 119 cm³/mol. The molecule has 0 saturated carbocycles. The molecule has 1 N–H and O–H groups in total. The molecule has 1 aliphatic heterocycles. The topological polar surface area (TPSA) is 75.7 Å². The summed E-state index contributed by atoms with van der Waals surface area (Å²) in [4.78, 5) is 12.9. The van der Waals surface area contributed by atoms with Crippen LogP contribution in [0.2, 0.25) is 0 Å². The summed E-state index contributed by atoms with van der Waals surface area (Å²) < 4.78 is 32.2. The SMILES string of the molecule is CCC1(CC)C[C@@H](NC(=O)CN(c2ccc(C)cc2)S(C)(=O)=O)c2ccccc2O1. The number of amides is 1. The van der Waals surface area contributed by atoms with E-state index in [0.717, 1.165) is 40.3 Å². The van der Waals surface area contributed by atoms with Gasteiger partial charge in [0.15, 0.2) is 0 Å². The first-order valence-electron chi connectivity index (χ1n) is 10.3. The van der Waals surface area contributed by atoms with Crippen molar-refractivity contribution < 1.29 is 17.9 Å². The van der Waals surface area contributed by atoms with E-state index in [-0.39, 0.29) is 24.1 Å². The Labute approximate surface area is 179 Å². The van der Waals surface area contributed by atoms with Crippen molar-refractivity contribution in [2.75, 3.05) is 17.1 Å². The minimum atomic E-state index is -3.61. The second kappa shape index (κ2) is 8.68. The molecule has 7 heteroatoms. The summed E-state index contributed by atoms with van der Waals surface area (Å²) in [7, 11) is -3.61. The molecule has 162 valence electrons. The number of para-hydroxylation sites is 1. The van der Waals surface area contributed by atoms with E-state index in [4.69, 9.17) is 4.74 Å². The molecule has 0 saturated heterocycles. The molecule has 0 unspecified atom stereocenters. The van der Waals surface area contributed by atoms with E-state index in [1.807, 2.05) is 43.3 Å². The van der Waals surface area contributed by atoms with Gasteiger partial charge in [-0.25, -0.2) is 8.42 Å². The number of nitrogens with one attached hydrogen (secondary N) is 1. The highest BCUT2D eigenvalue weighted by molar-refractivity contribution is 7.92. The van der Waals surface area contributed by atoms with Crippen LogP contribution in [-0.4, -0.2) is 32.7 Å². The molecule has 0 bridgehead atoms. The first-order valence-corrected chi connectivity index (χ1v) is 12.1. The molecule has 0 aliphatic carbocycles. The smallest absolute Gasteiger partial charge is 0.241 e. The van der Waals surface area contributed by atoms with Crippen molar-refractivity contribution in [3.8, 4) is 5.75 Å². The Kier molecular flexibility index (Phi) is 6.41. The Hall–Kier alpha value is -2.54. The van der Waals surface area contributed by atoms with Crippen LogP contribution in [-0.2, 0) is 14.8 Å². The number of hydrogen-bond acceptors (Lipinski definition) is 4. The van der Waals surface area contributed by atoms with Crippen LogP contribution >= 0.6 is 0 Å². The van der Waals surface area contributed by atoms with Gasteiger partial charge in [0.05, 0.1) is 18.0 Å². The number of hydrogen-bond donors (Lipinski definition) is 1. The Balaban J connectivity index is 1.84. The molecule has 2 aromatic rings. The summed E-state index contributed by atoms with van der Waals surface area (Å²) in [5.74, 6) is 0.431. The normalized spacial score (nSPS) is 17.5. The number of ether oxygens (including phenoxy) is 1. The zero-order chi connectivity index (χ0) is 21.9. The molecule has 0 radical (unpaired) electrons. The third-order valence-electron chi connectivity index (χ3n) is 5.83. The highest BCUT2D eigenvalue weighted by atomic mass is 32.2. The Bertz CT molecular complexity index is 998. The number of anilines is 1. The third-order valence-corrected chi connectivity index (χ3v) is 6.97. The van der Waals surface area contributed by atoms with Gasteiger partial charge in [0.1, 0.15) is 17.9 Å². The van der Waals surface area contributed by atoms with Crippen LogP contribution in [0.3, 0.4) is 0 Å². The second-order valence-electron chi connectivity index (χ2n) is 7.96. The monoisotopic (exact) mass is 430 g/mol. The standard InChI is InChI=1S/C23H30N2O4S/c1-5-23(6-2)15-20(19-9-7-8-10-21(19)29-23)24-22(26)16-25(30(4,27)28)18-13-11-17(3)12-14-18/h7-14,20H,5-6,15-16H2,1-4H3,(H,24,26)/t20-/m1/s1. The van der Waals surface area contributed by atoms with Gasteiger partial charge in [-0.1, -0.05) is 49.7 Å². The number of rotatable bonds is 7. The van der Waals surface area contributed by atoms with Crippen LogP contribution < -0.4 is 14.4 Å². The summed E-state index contributed by atoms with van der Waals surface area (Å²) >= 11 is 0. The highest BCUT2D eigenvalue weighted by Crippen LogP contribution is 2.42. The molecule has 0 spiro atoms. The Morgan fingerprint density at radius 1 is 1.13 bits per heavy atom. The number of nitrogens with zero attached hydrogens (tertiary/aromatic N) is 1. The predicted octanol–water partition coefficient (Wildman–Crippen LogP) is 3.96. The zero-order valence-electron chi connectivity index (χ0n) is 18.0. The van der Waals surface area contributed by atoms with Crippen LogP contribution in [0, 0.1) is 6.92 Å². The third kappa shape index (κ3) is 4.78. The number of benzene rings is 2. The maximum Gasteiger partial charge on any atom is 0.241 e. The Morgan fingerprint density at radius 2 is 1.77 bits per heavy atom. The van der Waals surface area contributed by atoms with Gasteiger partial charge in [-0.15, -0.1) is 0 Å². The quantitative estimate of drug-likeness (QED) is 0.721. The summed E-state index contributed by atoms with van der Waals surface area (Å²) in [5.41, 5.74) is 2.07. The van der Waals surface area contributed by atoms with Crippen molar-refractivity contribution >= 4 is 21.6 Å². The molecule has 6 nitrogen and oxygen atoms in total. The van der Waals surface area contributed by atoms with E-state index in [1.165, 1.54) is 0 Å². The number of carbonyl (C=O) groups excluding carboxylic acids is 1. The van der Waals surface area contributed by atoms with Crippen molar-refractivity contribution in [3.05, 3.63) is 59.7 Å². The number of sulfonamides is 1. The highest BCUT2D eigenvalue weighted by Gasteiger charge is 2.39. The van der Waals surface area contributed by atoms with Crippen molar-refractivity contribution in [2.45, 2.75) is 51.7 Å². The van der Waals surface area contributed by atoms with E-state index in [1.54, 1.807) is 12.1 Å². The fourth-order valence-electron chi connectivity index (χ4n) is 3.91. The van der Waals surface area contributed by atoms with E-state index < -0.39 is 10.0 Å². The number of fused-ring (bicyclic) bond motifs is 1. The lowest BCUT2D eigenvalue weighted by Crippen LogP contribution is -2.47. The molecule has 1 aliphatic rings. The maximum absolute atomic E-state index is 12.9. The van der Waals surface area contributed by atoms with Crippen LogP contribution in [0.25, 0.3) is 0 Å². The van der Waals surface area contributed by atoms with Gasteiger partial charge in [0.25, 0.3) is 0 Å². The zero-order valence-corrected chi connectivity index (χ0v) is 18.8. The van der Waals surface area contributed by atoms with Crippen LogP contribution in [0.4, 0.5) is 5.69 Å². The lowest BCUT2D eigenvalue weighted by Gasteiger charge is -2.41. The summed E-state index contributed by atoms with van der Waals surface area (Å²) in [6.07, 6.45) is 3.40. The average Bonchev–Trinajstić information content (AvgIpc) is 2.72. The van der Waals surface area contributed by atoms with E-state index >= 15 is 0 Å². The van der Waals surface area contributed by atoms with Gasteiger partial charge in [0, 0.05) is 12.0 Å². The van der Waals surface area contributed by atoms with Gasteiger partial charge >= 0.3 is 0 Å². The minimum Gasteiger partial charge on any atom is -0.487 e. The van der Waals surface area contributed by atoms with Crippen molar-refractivity contribution in [1.82, 2.24) is 5.32 Å². The molecule has 1 heterocycles. The van der Waals surface area contributed by atoms with Crippen molar-refractivity contribution in [3.63, 3.8) is 0 Å². The van der Waals surface area contributed by atoms with Crippen molar-refractivity contribution in [1.29, 1.82) is 0 Å². The molecular weight excluding hydrogens is 400 g/mol. The van der Waals surface area contributed by atoms with Crippen LogP contribution in [0.15, 0.2) is 48.5 Å². The summed E-state index contributed by atoms with van der Waals surface area (Å²) in [6.45, 7) is 5.82. The lowest BCUT2D eigenvalue weighted by atomic mass is 9.83. The number of carbonyl (C=O) groups is 1. The molecule has 0 aromatic heterocycles. The molecule has 1 amide bonds. The minimum absolute atomic E-state index is 0.234. The molecular formula is C23H30N2O4S. The van der Waals surface area contributed by atoms with E-state index in [9.17, 15) is 13.2 Å². The number of aryl methyl sites for hydroxylation is 1. The molecule has 2 aromatic carbocycles. The first kappa shape index (κ1) is 22.2. The van der Waals surface area contributed by atoms with Crippen molar-refractivity contribution in [2.24, 2.45) is 0 Å². The van der Waals surface area contributed by atoms with Crippen LogP contribution in [0.1, 0.15) is 50.3 Å².